The van der Waals surface area contributed by atoms with E-state index >= 15 is 0 Å². The third-order valence-corrected chi connectivity index (χ3v) is 3.53. The number of rotatable bonds is 4. The number of nitrogens with one attached hydrogen (secondary N) is 1. The van der Waals surface area contributed by atoms with Gasteiger partial charge in [-0.05, 0) is 6.07 Å². The molecule has 1 N–H and O–H groups in total. The fraction of sp³-hybridized carbons (Fsp3) is 0.250. The molecule has 1 rings (SSSR count). The summed E-state index contributed by atoms with van der Waals surface area (Å²) in [5.74, 6) is -0.691. The Kier molecular flexibility index (Phi) is 4.22. The monoisotopic (exact) mass is 264 g/mol. The second-order valence-electron chi connectivity index (χ2n) is 2.71. The van der Waals surface area contributed by atoms with Crippen LogP contribution in [0.5, 0.6) is 0 Å². The topological polar surface area (TPSA) is 85.4 Å². The molecule has 1 heterocycles. The number of nitrogens with zero attached hydrogens (tertiary/aromatic N) is 1. The summed E-state index contributed by atoms with van der Waals surface area (Å²) < 4.78 is 29.6. The summed E-state index contributed by atoms with van der Waals surface area (Å²) in [6, 6.07) is 1.34. The summed E-state index contributed by atoms with van der Waals surface area (Å²) in [6.07, 6.45) is 2.46. The number of methoxy groups -OCH3 is 1. The number of hydrogen-bond donors (Lipinski definition) is 1. The van der Waals surface area contributed by atoms with Crippen LogP contribution in [0.3, 0.4) is 0 Å². The summed E-state index contributed by atoms with van der Waals surface area (Å²) >= 11 is 5.68. The van der Waals surface area contributed by atoms with Gasteiger partial charge in [0.05, 0.1) is 12.1 Å². The van der Waals surface area contributed by atoms with Gasteiger partial charge in [-0.3, -0.25) is 9.78 Å². The molecule has 1 aromatic rings. The van der Waals surface area contributed by atoms with Gasteiger partial charge in [-0.2, -0.15) is 4.72 Å². The number of hydrogen-bond acceptors (Lipinski definition) is 5. The second-order valence-corrected chi connectivity index (χ2v) is 4.85. The Morgan fingerprint density at radius 3 is 2.88 bits per heavy atom. The lowest BCUT2D eigenvalue weighted by Crippen LogP contribution is -2.30. The molecular weight excluding hydrogens is 256 g/mol. The normalized spacial score (nSPS) is 11.1. The van der Waals surface area contributed by atoms with E-state index in [1.54, 1.807) is 0 Å². The number of ether oxygens (including phenoxy) is 1. The van der Waals surface area contributed by atoms with Crippen molar-refractivity contribution in [3.05, 3.63) is 23.5 Å². The largest absolute Gasteiger partial charge is 0.468 e. The Morgan fingerprint density at radius 2 is 2.31 bits per heavy atom. The van der Waals surface area contributed by atoms with Gasteiger partial charge in [0, 0.05) is 12.4 Å². The predicted molar refractivity (Wildman–Crippen MR) is 56.5 cm³/mol. The molecule has 0 unspecified atom stereocenters. The number of carbonyl (C=O) groups excluding carboxylic acids is 1. The smallest absolute Gasteiger partial charge is 0.320 e. The van der Waals surface area contributed by atoms with Crippen molar-refractivity contribution in [3.63, 3.8) is 0 Å². The molecular formula is C8H9ClN2O4S. The molecule has 0 aliphatic rings. The predicted octanol–water partition coefficient (Wildman–Crippen LogP) is 0.186. The molecule has 1 aromatic heterocycles. The molecule has 0 spiro atoms. The number of sulfonamides is 1. The Labute approximate surface area is 97.6 Å². The molecule has 0 atom stereocenters. The molecule has 0 aliphatic carbocycles. The Morgan fingerprint density at radius 1 is 1.62 bits per heavy atom. The first-order valence-corrected chi connectivity index (χ1v) is 5.99. The summed E-state index contributed by atoms with van der Waals surface area (Å²) in [4.78, 5) is 14.2. The van der Waals surface area contributed by atoms with Crippen molar-refractivity contribution in [2.75, 3.05) is 13.7 Å². The van der Waals surface area contributed by atoms with Gasteiger partial charge in [-0.15, -0.1) is 0 Å². The average molecular weight is 265 g/mol. The van der Waals surface area contributed by atoms with Crippen molar-refractivity contribution in [1.29, 1.82) is 0 Å². The third-order valence-electron chi connectivity index (χ3n) is 1.66. The number of aromatic nitrogens is 1. The maximum absolute atomic E-state index is 11.6. The molecule has 0 fully saturated rings. The highest BCUT2D eigenvalue weighted by atomic mass is 35.5. The van der Waals surface area contributed by atoms with Crippen LogP contribution in [0.15, 0.2) is 23.4 Å². The molecule has 16 heavy (non-hydrogen) atoms. The van der Waals surface area contributed by atoms with Crippen LogP contribution in [-0.4, -0.2) is 33.0 Å². The van der Waals surface area contributed by atoms with E-state index in [0.717, 1.165) is 13.3 Å². The van der Waals surface area contributed by atoms with E-state index in [1.807, 2.05) is 4.72 Å². The van der Waals surface area contributed by atoms with E-state index in [1.165, 1.54) is 12.3 Å². The molecule has 6 nitrogen and oxygen atoms in total. The molecule has 0 radical (unpaired) electrons. The van der Waals surface area contributed by atoms with Crippen LogP contribution in [0.25, 0.3) is 0 Å². The van der Waals surface area contributed by atoms with Gasteiger partial charge in [-0.1, -0.05) is 11.6 Å². The number of halogens is 1. The van der Waals surface area contributed by atoms with Crippen molar-refractivity contribution in [1.82, 2.24) is 9.71 Å². The molecule has 0 saturated heterocycles. The van der Waals surface area contributed by atoms with Crippen molar-refractivity contribution >= 4 is 27.6 Å². The van der Waals surface area contributed by atoms with Gasteiger partial charge in [0.15, 0.2) is 0 Å². The van der Waals surface area contributed by atoms with Gasteiger partial charge < -0.3 is 4.74 Å². The molecule has 0 aliphatic heterocycles. The fourth-order valence-electron chi connectivity index (χ4n) is 0.865. The minimum atomic E-state index is -3.84. The zero-order chi connectivity index (χ0) is 12.2. The first-order chi connectivity index (χ1) is 7.47. The lowest BCUT2D eigenvalue weighted by Gasteiger charge is -2.06. The van der Waals surface area contributed by atoms with Crippen LogP contribution in [0, 0.1) is 0 Å². The highest BCUT2D eigenvalue weighted by Gasteiger charge is 2.18. The highest BCUT2D eigenvalue weighted by Crippen LogP contribution is 2.18. The molecule has 0 amide bonds. The van der Waals surface area contributed by atoms with Crippen LogP contribution < -0.4 is 4.72 Å². The first-order valence-electron chi connectivity index (χ1n) is 4.13. The average Bonchev–Trinajstić information content (AvgIpc) is 2.26. The molecule has 0 saturated carbocycles. The molecule has 0 bridgehead atoms. The fourth-order valence-corrected chi connectivity index (χ4v) is 2.26. The number of carbonyl (C=O) groups is 1. The van der Waals surface area contributed by atoms with Crippen molar-refractivity contribution in [3.8, 4) is 0 Å². The van der Waals surface area contributed by atoms with E-state index in [4.69, 9.17) is 11.6 Å². The Bertz CT molecular complexity index is 489. The maximum atomic E-state index is 11.6. The van der Waals surface area contributed by atoms with Crippen LogP contribution in [-0.2, 0) is 19.6 Å². The van der Waals surface area contributed by atoms with Crippen molar-refractivity contribution in [2.45, 2.75) is 4.90 Å². The second kappa shape index (κ2) is 5.24. The van der Waals surface area contributed by atoms with E-state index in [2.05, 4.69) is 9.72 Å². The van der Waals surface area contributed by atoms with E-state index in [9.17, 15) is 13.2 Å². The summed E-state index contributed by atoms with van der Waals surface area (Å²) in [5.41, 5.74) is 0. The minimum absolute atomic E-state index is 0.0346. The lowest BCUT2D eigenvalue weighted by molar-refractivity contribution is -0.139. The summed E-state index contributed by atoms with van der Waals surface area (Å²) in [6.45, 7) is -0.454. The quantitative estimate of drug-likeness (QED) is 0.785. The van der Waals surface area contributed by atoms with E-state index in [0.29, 0.717) is 0 Å². The lowest BCUT2D eigenvalue weighted by atomic mass is 10.5. The number of pyridine rings is 1. The van der Waals surface area contributed by atoms with Crippen molar-refractivity contribution < 1.29 is 17.9 Å². The summed E-state index contributed by atoms with van der Waals surface area (Å²) in [7, 11) is -2.68. The van der Waals surface area contributed by atoms with Gasteiger partial charge in [0.25, 0.3) is 0 Å². The molecule has 8 heteroatoms. The van der Waals surface area contributed by atoms with Crippen molar-refractivity contribution in [2.24, 2.45) is 0 Å². The molecule has 0 aromatic carbocycles. The van der Waals surface area contributed by atoms with Gasteiger partial charge >= 0.3 is 5.97 Å². The number of esters is 1. The SMILES string of the molecule is COC(=O)CNS(=O)(=O)c1cnccc1Cl. The van der Waals surface area contributed by atoms with Gasteiger partial charge in [0.1, 0.15) is 11.4 Å². The van der Waals surface area contributed by atoms with Crippen LogP contribution in [0.4, 0.5) is 0 Å². The molecule has 88 valence electrons. The van der Waals surface area contributed by atoms with E-state index < -0.39 is 22.5 Å². The standard InChI is InChI=1S/C8H9ClN2O4S/c1-15-8(12)5-11-16(13,14)7-4-10-3-2-6(7)9/h2-4,11H,5H2,1H3. The Balaban J connectivity index is 2.87. The van der Waals surface area contributed by atoms with Gasteiger partial charge in [-0.25, -0.2) is 8.42 Å². The minimum Gasteiger partial charge on any atom is -0.468 e. The zero-order valence-corrected chi connectivity index (χ0v) is 9.88. The summed E-state index contributed by atoms with van der Waals surface area (Å²) in [5, 5.41) is 0.0346. The van der Waals surface area contributed by atoms with Gasteiger partial charge in [0.2, 0.25) is 10.0 Å². The highest BCUT2D eigenvalue weighted by molar-refractivity contribution is 7.89. The Hall–Kier alpha value is -1.18. The van der Waals surface area contributed by atoms with E-state index in [-0.39, 0.29) is 9.92 Å². The van der Waals surface area contributed by atoms with Crippen LogP contribution >= 0.6 is 11.6 Å². The van der Waals surface area contributed by atoms with Crippen LogP contribution in [0.1, 0.15) is 0 Å². The first kappa shape index (κ1) is 12.9. The van der Waals surface area contributed by atoms with Crippen LogP contribution in [0.2, 0.25) is 5.02 Å². The maximum Gasteiger partial charge on any atom is 0.320 e. The third kappa shape index (κ3) is 3.16. The zero-order valence-electron chi connectivity index (χ0n) is 8.31.